The molecule has 0 aliphatic carbocycles. The Labute approximate surface area is 118 Å². The van der Waals surface area contributed by atoms with Crippen molar-refractivity contribution >= 4 is 40.3 Å². The molecule has 100 valence electrons. The Kier molecular flexibility index (Phi) is 3.87. The molecule has 1 atom stereocenters. The average Bonchev–Trinajstić information content (AvgIpc) is 2.75. The first-order valence-electron chi connectivity index (χ1n) is 5.39. The minimum atomic E-state index is -0.504. The van der Waals surface area contributed by atoms with E-state index in [4.69, 9.17) is 17.3 Å². The highest BCUT2D eigenvalue weighted by Gasteiger charge is 2.13. The van der Waals surface area contributed by atoms with E-state index in [1.165, 1.54) is 23.5 Å². The van der Waals surface area contributed by atoms with Crippen LogP contribution in [0.4, 0.5) is 17.3 Å². The van der Waals surface area contributed by atoms with Crippen LogP contribution in [0.25, 0.3) is 0 Å². The molecule has 3 N–H and O–H groups in total. The number of nitrogens with zero attached hydrogens (tertiary/aromatic N) is 2. The molecular formula is C11H11ClN4O2S. The van der Waals surface area contributed by atoms with E-state index >= 15 is 0 Å². The third-order valence-corrected chi connectivity index (χ3v) is 3.84. The number of nitrogens with two attached hydrogens (primary N) is 1. The van der Waals surface area contributed by atoms with Crippen molar-refractivity contribution in [2.45, 2.75) is 13.0 Å². The van der Waals surface area contributed by atoms with E-state index in [0.717, 1.165) is 4.88 Å². The summed E-state index contributed by atoms with van der Waals surface area (Å²) in [6, 6.07) is 6.20. The quantitative estimate of drug-likeness (QED) is 0.666. The Morgan fingerprint density at radius 3 is 2.84 bits per heavy atom. The second-order valence-corrected chi connectivity index (χ2v) is 5.65. The van der Waals surface area contributed by atoms with Crippen LogP contribution in [0.15, 0.2) is 24.3 Å². The van der Waals surface area contributed by atoms with Gasteiger partial charge in [0.1, 0.15) is 11.6 Å². The van der Waals surface area contributed by atoms with Crippen molar-refractivity contribution in [3.63, 3.8) is 0 Å². The molecule has 0 aromatic carbocycles. The number of nitrogen functional groups attached to an aromatic ring is 1. The van der Waals surface area contributed by atoms with Gasteiger partial charge in [-0.2, -0.15) is 0 Å². The maximum Gasteiger partial charge on any atom is 0.276 e. The summed E-state index contributed by atoms with van der Waals surface area (Å²) < 4.78 is 0.690. The topological polar surface area (TPSA) is 94.1 Å². The molecule has 2 aromatic heterocycles. The van der Waals surface area contributed by atoms with E-state index in [2.05, 4.69) is 10.3 Å². The molecule has 0 aliphatic heterocycles. The zero-order chi connectivity index (χ0) is 14.0. The first kappa shape index (κ1) is 13.6. The Balaban J connectivity index is 2.21. The molecule has 0 fully saturated rings. The van der Waals surface area contributed by atoms with Gasteiger partial charge >= 0.3 is 0 Å². The van der Waals surface area contributed by atoms with Crippen molar-refractivity contribution in [1.29, 1.82) is 0 Å². The van der Waals surface area contributed by atoms with Gasteiger partial charge in [0.25, 0.3) is 5.69 Å². The molecule has 1 unspecified atom stereocenters. The van der Waals surface area contributed by atoms with E-state index in [1.54, 1.807) is 6.07 Å². The summed E-state index contributed by atoms with van der Waals surface area (Å²) in [6.07, 6.45) is 0. The van der Waals surface area contributed by atoms with Gasteiger partial charge in [0.15, 0.2) is 0 Å². The highest BCUT2D eigenvalue weighted by molar-refractivity contribution is 7.16. The molecule has 0 radical (unpaired) electrons. The Morgan fingerprint density at radius 2 is 2.26 bits per heavy atom. The van der Waals surface area contributed by atoms with Crippen LogP contribution in [0, 0.1) is 10.1 Å². The van der Waals surface area contributed by atoms with Crippen molar-refractivity contribution in [3.05, 3.63) is 43.6 Å². The maximum absolute atomic E-state index is 10.7. The molecule has 0 amide bonds. The minimum Gasteiger partial charge on any atom is -0.383 e. The largest absolute Gasteiger partial charge is 0.383 e. The number of hydrogen-bond acceptors (Lipinski definition) is 6. The number of nitrogens with one attached hydrogen (secondary N) is 1. The molecule has 0 aliphatic rings. The van der Waals surface area contributed by atoms with E-state index in [9.17, 15) is 10.1 Å². The highest BCUT2D eigenvalue weighted by atomic mass is 35.5. The fourth-order valence-corrected chi connectivity index (χ4v) is 2.63. The smallest absolute Gasteiger partial charge is 0.276 e. The predicted octanol–water partition coefficient (Wildman–Crippen LogP) is 3.46. The molecule has 0 bridgehead atoms. The number of thiophene rings is 1. The van der Waals surface area contributed by atoms with Crippen LogP contribution in [0.5, 0.6) is 0 Å². The highest BCUT2D eigenvalue weighted by Crippen LogP contribution is 2.29. The maximum atomic E-state index is 10.7. The summed E-state index contributed by atoms with van der Waals surface area (Å²) in [5.41, 5.74) is 5.45. The van der Waals surface area contributed by atoms with Gasteiger partial charge in [0, 0.05) is 4.88 Å². The summed E-state index contributed by atoms with van der Waals surface area (Å²) in [4.78, 5) is 15.3. The van der Waals surface area contributed by atoms with Crippen molar-refractivity contribution in [3.8, 4) is 0 Å². The third kappa shape index (κ3) is 3.33. The summed E-state index contributed by atoms with van der Waals surface area (Å²) >= 11 is 7.31. The predicted molar refractivity (Wildman–Crippen MR) is 76.7 cm³/mol. The fourth-order valence-electron chi connectivity index (χ4n) is 1.57. The number of hydrogen-bond donors (Lipinski definition) is 2. The van der Waals surface area contributed by atoms with Crippen molar-refractivity contribution in [2.24, 2.45) is 0 Å². The van der Waals surface area contributed by atoms with Gasteiger partial charge < -0.3 is 11.1 Å². The van der Waals surface area contributed by atoms with Gasteiger partial charge in [0.05, 0.1) is 27.4 Å². The Morgan fingerprint density at radius 1 is 1.53 bits per heavy atom. The van der Waals surface area contributed by atoms with Gasteiger partial charge in [-0.05, 0) is 19.1 Å². The summed E-state index contributed by atoms with van der Waals surface area (Å²) in [5.74, 6) is 0.469. The molecule has 0 saturated carbocycles. The molecule has 2 aromatic rings. The lowest BCUT2D eigenvalue weighted by molar-refractivity contribution is -0.384. The second kappa shape index (κ2) is 5.41. The zero-order valence-corrected chi connectivity index (χ0v) is 11.5. The lowest BCUT2D eigenvalue weighted by Gasteiger charge is -2.12. The molecule has 6 nitrogen and oxygen atoms in total. The van der Waals surface area contributed by atoms with Crippen LogP contribution >= 0.6 is 22.9 Å². The standard InChI is InChI=1S/C11H11ClN4O2S/c1-6(8-2-3-9(12)19-8)14-11-5-7(16(17)18)4-10(13)15-11/h2-6H,1H3,(H3,13,14,15). The van der Waals surface area contributed by atoms with Crippen molar-refractivity contribution in [1.82, 2.24) is 4.98 Å². The molecule has 0 saturated heterocycles. The van der Waals surface area contributed by atoms with E-state index in [0.29, 0.717) is 10.2 Å². The third-order valence-electron chi connectivity index (χ3n) is 2.43. The molecule has 0 spiro atoms. The van der Waals surface area contributed by atoms with Crippen LogP contribution in [0.1, 0.15) is 17.8 Å². The van der Waals surface area contributed by atoms with Crippen LogP contribution in [0.3, 0.4) is 0 Å². The van der Waals surface area contributed by atoms with Crippen molar-refractivity contribution in [2.75, 3.05) is 11.1 Å². The first-order chi connectivity index (χ1) is 8.95. The summed E-state index contributed by atoms with van der Waals surface area (Å²) in [7, 11) is 0. The zero-order valence-electron chi connectivity index (χ0n) is 9.96. The van der Waals surface area contributed by atoms with E-state index in [-0.39, 0.29) is 17.5 Å². The number of aromatic nitrogens is 1. The summed E-state index contributed by atoms with van der Waals surface area (Å²) in [6.45, 7) is 1.92. The number of halogens is 1. The average molecular weight is 299 g/mol. The van der Waals surface area contributed by atoms with E-state index < -0.39 is 4.92 Å². The lowest BCUT2D eigenvalue weighted by atomic mass is 10.2. The van der Waals surface area contributed by atoms with Crippen LogP contribution < -0.4 is 11.1 Å². The normalized spacial score (nSPS) is 12.1. The van der Waals surface area contributed by atoms with Gasteiger partial charge in [-0.15, -0.1) is 11.3 Å². The first-order valence-corrected chi connectivity index (χ1v) is 6.59. The molecule has 2 rings (SSSR count). The molecule has 2 heterocycles. The van der Waals surface area contributed by atoms with Crippen LogP contribution in [-0.2, 0) is 0 Å². The van der Waals surface area contributed by atoms with Gasteiger partial charge in [-0.3, -0.25) is 10.1 Å². The monoisotopic (exact) mass is 298 g/mol. The number of pyridine rings is 1. The van der Waals surface area contributed by atoms with Crippen molar-refractivity contribution < 1.29 is 4.92 Å². The second-order valence-electron chi connectivity index (χ2n) is 3.90. The van der Waals surface area contributed by atoms with Gasteiger partial charge in [-0.25, -0.2) is 4.98 Å². The fraction of sp³-hybridized carbons (Fsp3) is 0.182. The lowest BCUT2D eigenvalue weighted by Crippen LogP contribution is -2.08. The molecular weight excluding hydrogens is 288 g/mol. The number of rotatable bonds is 4. The molecule has 19 heavy (non-hydrogen) atoms. The Bertz CT molecular complexity index is 616. The number of nitro groups is 1. The molecule has 8 heteroatoms. The SMILES string of the molecule is CC(Nc1cc([N+](=O)[O-])cc(N)n1)c1ccc(Cl)s1. The summed E-state index contributed by atoms with van der Waals surface area (Å²) in [5, 5.41) is 13.8. The van der Waals surface area contributed by atoms with Crippen LogP contribution in [-0.4, -0.2) is 9.91 Å². The number of anilines is 2. The van der Waals surface area contributed by atoms with Gasteiger partial charge in [-0.1, -0.05) is 11.6 Å². The van der Waals surface area contributed by atoms with E-state index in [1.807, 2.05) is 13.0 Å². The minimum absolute atomic E-state index is 0.0635. The van der Waals surface area contributed by atoms with Gasteiger partial charge in [0.2, 0.25) is 0 Å². The Hall–Kier alpha value is -1.86. The van der Waals surface area contributed by atoms with Crippen LogP contribution in [0.2, 0.25) is 4.34 Å².